The maximum absolute atomic E-state index is 14.1. The number of β-amino-alcohol motifs (C(OH)–C–C–N with tert-alkyl or cyclic N) is 2. The maximum Gasteiger partial charge on any atom is 0.408 e. The van der Waals surface area contributed by atoms with Gasteiger partial charge in [-0.3, -0.25) is 43.3 Å². The Labute approximate surface area is 708 Å². The molecular formula is C90H110N12O12S4. The molecule has 1 unspecified atom stereocenters. The Kier molecular flexibility index (Phi) is 28.7. The minimum Gasteiger partial charge on any atom is -0.444 e. The van der Waals surface area contributed by atoms with Crippen LogP contribution in [0.15, 0.2) is 143 Å². The van der Waals surface area contributed by atoms with E-state index in [4.69, 9.17) is 10.5 Å². The number of likely N-dealkylation sites (tertiary alicyclic amines) is 3. The molecule has 28 heteroatoms. The fraction of sp³-hybridized carbons (Fsp3) is 0.456. The van der Waals surface area contributed by atoms with Gasteiger partial charge in [0.05, 0.1) is 79.1 Å². The van der Waals surface area contributed by atoms with Crippen LogP contribution in [0.5, 0.6) is 0 Å². The number of benzene rings is 5. The minimum absolute atomic E-state index is 0.00100. The summed E-state index contributed by atoms with van der Waals surface area (Å²) in [5, 5.41) is 26.1. The highest BCUT2D eigenvalue weighted by molar-refractivity contribution is 7.81. The van der Waals surface area contributed by atoms with Gasteiger partial charge < -0.3 is 55.8 Å². The Bertz CT molecular complexity index is 4990. The number of ether oxygens (including phenoxy) is 1. The number of nitrogens with two attached hydrogens (primary N) is 1. The number of aliphatic hydroxyl groups excluding tert-OH is 2. The molecule has 0 radical (unpaired) electrons. The number of aliphatic hydroxyl groups is 2. The summed E-state index contributed by atoms with van der Waals surface area (Å²) in [6.07, 6.45) is 0.134. The Balaban J connectivity index is 0.000000174. The number of fused-ring (bicyclic) bond motifs is 2. The predicted octanol–water partition coefficient (Wildman–Crippen LogP) is 12.8. The van der Waals surface area contributed by atoms with Crippen molar-refractivity contribution < 1.29 is 58.1 Å². The molecule has 5 aromatic carbocycles. The van der Waals surface area contributed by atoms with Crippen LogP contribution in [0, 0.1) is 38.0 Å². The molecule has 8 heterocycles. The van der Waals surface area contributed by atoms with E-state index in [0.717, 1.165) is 71.3 Å². The number of carbonyl (C=O) groups excluding carboxylic acids is 9. The normalized spacial score (nSPS) is 19.9. The molecule has 6 N–H and O–H groups in total. The van der Waals surface area contributed by atoms with Gasteiger partial charge in [-0.05, 0) is 142 Å². The van der Waals surface area contributed by atoms with E-state index >= 15 is 0 Å². The number of amidine groups is 1. The summed E-state index contributed by atoms with van der Waals surface area (Å²) in [4.78, 5) is 149. The molecule has 7 amide bonds. The van der Waals surface area contributed by atoms with Crippen LogP contribution in [0.1, 0.15) is 174 Å². The predicted molar refractivity (Wildman–Crippen MR) is 464 cm³/mol. The number of amides is 7. The Hall–Kier alpha value is -9.84. The first-order valence-electron chi connectivity index (χ1n) is 40.2. The van der Waals surface area contributed by atoms with Crippen LogP contribution in [0.3, 0.4) is 0 Å². The third-order valence-electron chi connectivity index (χ3n) is 22.3. The molecule has 0 saturated carbocycles. The number of alkyl carbamates (subject to hydrolysis) is 1. The second-order valence-corrected chi connectivity index (χ2v) is 37.5. The number of rotatable bonds is 24. The minimum atomic E-state index is -1.13. The van der Waals surface area contributed by atoms with Crippen LogP contribution in [-0.4, -0.2) is 194 Å². The fourth-order valence-corrected chi connectivity index (χ4v) is 18.9. The zero-order valence-corrected chi connectivity index (χ0v) is 73.0. The molecule has 13 rings (SSSR count). The lowest BCUT2D eigenvalue weighted by molar-refractivity contribution is -0.147. The molecule has 9 atom stereocenters. The molecule has 118 heavy (non-hydrogen) atoms. The van der Waals surface area contributed by atoms with E-state index in [9.17, 15) is 53.4 Å². The largest absolute Gasteiger partial charge is 0.444 e. The number of aryl methyl sites for hydroxylation is 5. The summed E-state index contributed by atoms with van der Waals surface area (Å²) in [7, 11) is 0. The van der Waals surface area contributed by atoms with Gasteiger partial charge in [0.25, 0.3) is 11.8 Å². The number of Topliss-reactive ketones (excluding diaryl/α,β-unsaturated/α-hetero) is 2. The zero-order chi connectivity index (χ0) is 85.4. The van der Waals surface area contributed by atoms with Gasteiger partial charge in [-0.25, -0.2) is 19.7 Å². The van der Waals surface area contributed by atoms with Crippen molar-refractivity contribution in [1.29, 1.82) is 0 Å². The Morgan fingerprint density at radius 1 is 0.602 bits per heavy atom. The molecule has 8 aromatic rings. The number of thiazole rings is 3. The van der Waals surface area contributed by atoms with Crippen LogP contribution in [-0.2, 0) is 66.0 Å². The highest BCUT2D eigenvalue weighted by Crippen LogP contribution is 2.39. The van der Waals surface area contributed by atoms with E-state index in [0.29, 0.717) is 62.4 Å². The quantitative estimate of drug-likeness (QED) is 0.0186. The first kappa shape index (κ1) is 89.0. The molecule has 0 aliphatic carbocycles. The Morgan fingerprint density at radius 3 is 1.51 bits per heavy atom. The van der Waals surface area contributed by atoms with Gasteiger partial charge in [0.1, 0.15) is 41.6 Å². The third-order valence-corrected chi connectivity index (χ3v) is 25.6. The molecule has 5 aliphatic rings. The van der Waals surface area contributed by atoms with Crippen LogP contribution in [0.4, 0.5) is 4.79 Å². The zero-order valence-electron chi connectivity index (χ0n) is 69.7. The van der Waals surface area contributed by atoms with Crippen LogP contribution in [0.2, 0.25) is 0 Å². The summed E-state index contributed by atoms with van der Waals surface area (Å²) in [6, 6.07) is 36.0. The first-order valence-corrected chi connectivity index (χ1v) is 43.4. The number of ketones is 2. The molecule has 5 aliphatic heterocycles. The van der Waals surface area contributed by atoms with Crippen LogP contribution < -0.4 is 16.4 Å². The number of hydrogen-bond acceptors (Lipinski definition) is 20. The van der Waals surface area contributed by atoms with Crippen molar-refractivity contribution in [3.05, 3.63) is 194 Å². The number of hydrogen-bond donors (Lipinski definition) is 6. The average Bonchev–Trinajstić information content (AvgIpc) is 1.59. The van der Waals surface area contributed by atoms with Crippen molar-refractivity contribution in [2.75, 3.05) is 26.2 Å². The summed E-state index contributed by atoms with van der Waals surface area (Å²) >= 11 is 9.50. The molecule has 24 nitrogen and oxygen atoms in total. The van der Waals surface area contributed by atoms with Gasteiger partial charge in [-0.15, -0.1) is 34.0 Å². The molecule has 0 bridgehead atoms. The van der Waals surface area contributed by atoms with Gasteiger partial charge >= 0.3 is 6.09 Å². The molecule has 0 spiro atoms. The lowest BCUT2D eigenvalue weighted by Crippen LogP contribution is -2.58. The molecule has 3 fully saturated rings. The van der Waals surface area contributed by atoms with Crippen molar-refractivity contribution in [2.45, 2.75) is 220 Å². The van der Waals surface area contributed by atoms with Gasteiger partial charge in [-0.1, -0.05) is 158 Å². The van der Waals surface area contributed by atoms with E-state index < -0.39 is 70.8 Å². The van der Waals surface area contributed by atoms with Crippen LogP contribution >= 0.6 is 46.6 Å². The fourth-order valence-electron chi connectivity index (χ4n) is 16.1. The van der Waals surface area contributed by atoms with Gasteiger partial charge in [-0.2, -0.15) is 12.6 Å². The highest BCUT2D eigenvalue weighted by Gasteiger charge is 2.53. The van der Waals surface area contributed by atoms with E-state index in [1.807, 2.05) is 144 Å². The summed E-state index contributed by atoms with van der Waals surface area (Å²) in [6.45, 7) is 27.5. The van der Waals surface area contributed by atoms with Gasteiger partial charge in [0.2, 0.25) is 23.6 Å². The highest BCUT2D eigenvalue weighted by atomic mass is 32.1. The summed E-state index contributed by atoms with van der Waals surface area (Å²) in [5.41, 5.74) is 22.0. The number of thiol groups is 1. The molecule has 626 valence electrons. The molecular weight excluding hydrogens is 1570 g/mol. The van der Waals surface area contributed by atoms with Crippen molar-refractivity contribution in [2.24, 2.45) is 28.0 Å². The van der Waals surface area contributed by atoms with Crippen molar-refractivity contribution in [1.82, 2.24) is 50.1 Å². The lowest BCUT2D eigenvalue weighted by atomic mass is 9.85. The van der Waals surface area contributed by atoms with E-state index in [-0.39, 0.29) is 104 Å². The second kappa shape index (κ2) is 38.0. The van der Waals surface area contributed by atoms with Gasteiger partial charge in [0, 0.05) is 74.8 Å². The molecule has 3 saturated heterocycles. The lowest BCUT2D eigenvalue weighted by Gasteiger charge is -2.39. The SMILES string of the molecule is Cc1ncsc1-c1ccc(CCC(=O)C2(C)C[C@@H](O)CN2C(=O)[C@H](C(C)C)N2Cc3ccccc3C2=O)cc1.Cc1ncsc1-c1ccc(CCC(=O)[C@@H]2C[C@@H](O)CN2C(=O)[C@@H](NC(=O)CNC(=O)OC(C)(C)C)C(C)(C)C)cc1.Cc1ncsc1-c1ccc(CN=C(N)[C@@H]2C[C@@H](S)CN2C(=O)[C@H](C(C)C)N2Cc3ccccc3C2=O)cc1. The number of carbonyl (C=O) groups is 9. The van der Waals surface area contributed by atoms with E-state index in [1.165, 1.54) is 14.7 Å². The molecule has 3 aromatic heterocycles. The monoisotopic (exact) mass is 1680 g/mol. The number of nitrogens with zero attached hydrogens (tertiary/aromatic N) is 9. The van der Waals surface area contributed by atoms with Crippen LogP contribution in [0.25, 0.3) is 31.3 Å². The number of aromatic nitrogens is 3. The standard InChI is InChI=1S/C31H35N3O4S.C30H42N4O6S.C29H33N5O2S2/c1-19(2)27(33-16-23-7-5-6-8-25(23)29(33)37)30(38)34-17-24(35)15-31(34,4)26(36)14-11-21-9-12-22(13-10-21)28-20(3)32-18-39-28;1-18-25(41-17-32-18)20-11-8-19(9-12-20)10-13-23(36)22-14-21(35)16-34(22)27(38)26(29(2,3)4)33-24(37)15-31-28(39)40-30(5,6)7;1-17(2)25(34-14-21-6-4-5-7-23(21)28(34)35)29(36)33-15-22(37)12-24(33)27(30)31-13-19-8-10-20(11-9-19)26-18(3)32-16-38-26/h5-10,12-13,18-19,24,27,35H,11,14-17H2,1-4H3;8-9,11-12,17,21-22,26,35H,10,13-16H2,1-7H3,(H,31,39)(H,33,37);4-11,16-17,22,24-25,37H,12-15H2,1-3H3,(H2,30,31)/t24-,27+,31?;21-,22+,26-;22-,24+,25+/m111/s1. The van der Waals surface area contributed by atoms with Crippen molar-refractivity contribution >= 4 is 106 Å². The van der Waals surface area contributed by atoms with Crippen molar-refractivity contribution in [3.8, 4) is 31.3 Å². The topological polar surface area (TPSA) is 321 Å². The van der Waals surface area contributed by atoms with E-state index in [1.54, 1.807) is 103 Å². The first-order chi connectivity index (χ1) is 55.9. The second-order valence-electron chi connectivity index (χ2n) is 34.2. The summed E-state index contributed by atoms with van der Waals surface area (Å²) in [5.74, 6) is -1.63. The average molecular weight is 1680 g/mol. The van der Waals surface area contributed by atoms with Crippen molar-refractivity contribution in [3.63, 3.8) is 0 Å². The summed E-state index contributed by atoms with van der Waals surface area (Å²) < 4.78 is 5.15. The van der Waals surface area contributed by atoms with E-state index in [2.05, 4.69) is 79.6 Å². The number of nitrogens with one attached hydrogen (secondary N) is 2. The smallest absolute Gasteiger partial charge is 0.408 e. The maximum atomic E-state index is 14.1. The third kappa shape index (κ3) is 21.0. The number of aliphatic imine (C=N–C) groups is 1. The Morgan fingerprint density at radius 2 is 1.06 bits per heavy atom. The van der Waals surface area contributed by atoms with Gasteiger partial charge in [0.15, 0.2) is 11.6 Å².